The maximum atomic E-state index is 13.0. The molecule has 0 amide bonds. The fourth-order valence-corrected chi connectivity index (χ4v) is 1.23. The molecule has 2 nitrogen and oxygen atoms in total. The molecule has 0 saturated carbocycles. The average molecular weight is 245 g/mol. The predicted octanol–water partition coefficient (Wildman–Crippen LogP) is 1.85. The van der Waals surface area contributed by atoms with Gasteiger partial charge in [0, 0.05) is 0 Å². The van der Waals surface area contributed by atoms with E-state index in [-0.39, 0.29) is 51.4 Å². The average Bonchev–Trinajstić information content (AvgIpc) is 2.38. The Morgan fingerprint density at radius 3 is 2.33 bits per heavy atom. The van der Waals surface area contributed by atoms with Crippen LogP contribution in [0.5, 0.6) is 5.75 Å². The molecule has 0 aliphatic carbocycles. The molecule has 1 aromatic heterocycles. The van der Waals surface area contributed by atoms with Gasteiger partial charge in [0.2, 0.25) is 0 Å². The van der Waals surface area contributed by atoms with E-state index >= 15 is 0 Å². The second kappa shape index (κ2) is 4.42. The monoisotopic (exact) mass is 245 g/mol. The Morgan fingerprint density at radius 1 is 1.13 bits per heavy atom. The number of benzene rings is 1. The fourth-order valence-electron chi connectivity index (χ4n) is 1.23. The summed E-state index contributed by atoms with van der Waals surface area (Å²) in [5, 5.41) is 8.14. The summed E-state index contributed by atoms with van der Waals surface area (Å²) in [5.74, 6) is -5.64. The van der Waals surface area contributed by atoms with Gasteiger partial charge in [-0.3, -0.25) is 0 Å². The Kier molecular flexibility index (Phi) is 3.83. The van der Waals surface area contributed by atoms with Crippen molar-refractivity contribution in [2.24, 2.45) is 0 Å². The second-order valence-electron chi connectivity index (χ2n) is 2.68. The van der Waals surface area contributed by atoms with Gasteiger partial charge in [-0.15, -0.1) is 4.79 Å². The number of nitrogens with zero attached hydrogens (tertiary/aromatic N) is 1. The Balaban J connectivity index is 0.00000112. The van der Waals surface area contributed by atoms with Crippen molar-refractivity contribution >= 4 is 62.3 Å². The van der Waals surface area contributed by atoms with Crippen LogP contribution in [-0.2, 0) is 0 Å². The third-order valence-electron chi connectivity index (χ3n) is 1.89. The van der Waals surface area contributed by atoms with Crippen LogP contribution in [0.4, 0.5) is 17.7 Å². The van der Waals surface area contributed by atoms with Crippen LogP contribution >= 0.6 is 0 Å². The molecule has 0 saturated heterocycles. The number of hydrogen-bond acceptors (Lipinski definition) is 1. The molecule has 0 unspecified atom stereocenters. The topological polar surface area (TPSA) is 25.2 Å². The van der Waals surface area contributed by atoms with Gasteiger partial charge in [-0.1, -0.05) is 4.48 Å². The minimum absolute atomic E-state index is 0. The molecule has 0 fully saturated rings. The van der Waals surface area contributed by atoms with Crippen molar-refractivity contribution in [2.75, 3.05) is 0 Å². The van der Waals surface area contributed by atoms with E-state index < -0.39 is 39.0 Å². The molecule has 1 N–H and O–H groups in total. The summed E-state index contributed by atoms with van der Waals surface area (Å²) < 4.78 is 51.1. The zero-order valence-electron chi connectivity index (χ0n) is 6.56. The van der Waals surface area contributed by atoms with Crippen LogP contribution in [0, 0.1) is 17.6 Å². The van der Waals surface area contributed by atoms with Gasteiger partial charge >= 0.3 is 51.4 Å². The van der Waals surface area contributed by atoms with Gasteiger partial charge in [0.15, 0.2) is 17.4 Å². The summed E-state index contributed by atoms with van der Waals surface area (Å²) in [5.41, 5.74) is -0.557. The molecule has 0 bridgehead atoms. The van der Waals surface area contributed by atoms with Crippen LogP contribution in [0.3, 0.4) is 0 Å². The molecule has 15 heavy (non-hydrogen) atoms. The molecule has 76 valence electrons. The summed E-state index contributed by atoms with van der Waals surface area (Å²) in [6, 6.07) is 1.48. The molecule has 1 aromatic carbocycles. The Labute approximate surface area is 124 Å². The molecular weight excluding hydrogens is 241 g/mol. The summed E-state index contributed by atoms with van der Waals surface area (Å²) in [6.07, 6.45) is 0. The van der Waals surface area contributed by atoms with Crippen molar-refractivity contribution in [3.63, 3.8) is 0 Å². The Bertz CT molecular complexity index is 525. The number of hydrogen-bond donors (Lipinski definition) is 1. The maximum absolute atomic E-state index is 13.0. The first-order chi connectivity index (χ1) is 6.54. The van der Waals surface area contributed by atoms with Crippen molar-refractivity contribution in [3.05, 3.63) is 29.7 Å². The van der Waals surface area contributed by atoms with Crippen LogP contribution < -0.4 is 0 Å². The van der Waals surface area contributed by atoms with E-state index in [0.29, 0.717) is 6.07 Å². The summed E-state index contributed by atoms with van der Waals surface area (Å²) in [4.78, 5) is -0.548. The van der Waals surface area contributed by atoms with E-state index in [0.717, 1.165) is 6.07 Å². The normalized spacial score (nSPS) is 10.4. The van der Waals surface area contributed by atoms with Crippen molar-refractivity contribution in [1.29, 1.82) is 0 Å². The first-order valence-electron chi connectivity index (χ1n) is 3.57. The van der Waals surface area contributed by atoms with Gasteiger partial charge in [-0.25, -0.2) is 8.78 Å². The molecule has 0 aliphatic rings. The van der Waals surface area contributed by atoms with Gasteiger partial charge in [-0.2, -0.15) is 4.39 Å². The van der Waals surface area contributed by atoms with Crippen LogP contribution in [0.25, 0.3) is 10.9 Å². The predicted molar refractivity (Wildman–Crippen MR) is 47.1 cm³/mol. The zero-order chi connectivity index (χ0) is 10.5. The quantitative estimate of drug-likeness (QED) is 0.556. The third-order valence-corrected chi connectivity index (χ3v) is 1.89. The SMILES string of the molecule is Oc1c(F)n(F)c2ccc(F)c(F)c12.[KH]. The van der Waals surface area contributed by atoms with Crippen LogP contribution in [0.2, 0.25) is 0 Å². The molecule has 2 rings (SSSR count). The number of fused-ring (bicyclic) bond motifs is 1. The van der Waals surface area contributed by atoms with Crippen molar-refractivity contribution in [2.45, 2.75) is 0 Å². The van der Waals surface area contributed by atoms with Crippen LogP contribution in [0.15, 0.2) is 12.1 Å². The van der Waals surface area contributed by atoms with Crippen LogP contribution in [0.1, 0.15) is 0 Å². The molecule has 2 aromatic rings. The second-order valence-corrected chi connectivity index (χ2v) is 2.68. The number of rotatable bonds is 0. The molecule has 7 heteroatoms. The molecular formula is C8H4F4KNO. The molecule has 0 atom stereocenters. The Hall–Kier alpha value is -0.0836. The first-order valence-corrected chi connectivity index (χ1v) is 3.57. The van der Waals surface area contributed by atoms with Gasteiger partial charge in [0.25, 0.3) is 5.95 Å². The number of aromatic nitrogens is 1. The van der Waals surface area contributed by atoms with E-state index in [1.54, 1.807) is 0 Å². The molecule has 0 radical (unpaired) electrons. The molecule has 0 spiro atoms. The summed E-state index contributed by atoms with van der Waals surface area (Å²) >= 11 is 0. The van der Waals surface area contributed by atoms with Gasteiger partial charge < -0.3 is 5.11 Å². The molecule has 1 heterocycles. The van der Waals surface area contributed by atoms with Gasteiger partial charge in [0.05, 0.1) is 10.9 Å². The van der Waals surface area contributed by atoms with Crippen molar-refractivity contribution in [1.82, 2.24) is 4.79 Å². The standard InChI is InChI=1S/C8H3F4NO.K.H/c9-3-1-2-4-5(6(3)10)7(14)8(11)13(4)12;;/h1-2,14H;;. The first kappa shape index (κ1) is 13.0. The Morgan fingerprint density at radius 2 is 1.73 bits per heavy atom. The van der Waals surface area contributed by atoms with Gasteiger partial charge in [0.1, 0.15) is 0 Å². The summed E-state index contributed by atoms with van der Waals surface area (Å²) in [6.45, 7) is 0. The van der Waals surface area contributed by atoms with E-state index in [2.05, 4.69) is 0 Å². The van der Waals surface area contributed by atoms with Crippen molar-refractivity contribution in [3.8, 4) is 5.75 Å². The number of aromatic hydroxyl groups is 1. The third kappa shape index (κ3) is 1.82. The van der Waals surface area contributed by atoms with Crippen LogP contribution in [-0.4, -0.2) is 61.3 Å². The fraction of sp³-hybridized carbons (Fsp3) is 0. The van der Waals surface area contributed by atoms with Crippen molar-refractivity contribution < 1.29 is 22.8 Å². The summed E-state index contributed by atoms with van der Waals surface area (Å²) in [7, 11) is 0. The minimum atomic E-state index is -1.65. The van der Waals surface area contributed by atoms with E-state index in [1.807, 2.05) is 0 Å². The van der Waals surface area contributed by atoms with Gasteiger partial charge in [-0.05, 0) is 12.1 Å². The van der Waals surface area contributed by atoms with E-state index in [4.69, 9.17) is 5.11 Å². The molecule has 0 aliphatic heterocycles. The zero-order valence-corrected chi connectivity index (χ0v) is 6.56. The number of halogens is 4. The van der Waals surface area contributed by atoms with E-state index in [9.17, 15) is 17.7 Å². The van der Waals surface area contributed by atoms with E-state index in [1.165, 1.54) is 0 Å².